The molecule has 0 saturated carbocycles. The molecule has 2 unspecified atom stereocenters. The van der Waals surface area contributed by atoms with Gasteiger partial charge in [-0.1, -0.05) is 51.1 Å². The highest BCUT2D eigenvalue weighted by Gasteiger charge is 2.36. The molecule has 1 aliphatic heterocycles. The maximum absolute atomic E-state index is 12.7. The molecular weight excluding hydrogens is 264 g/mol. The average molecular weight is 288 g/mol. The van der Waals surface area contributed by atoms with Crippen molar-refractivity contribution in [2.24, 2.45) is 5.92 Å². The number of nitrogens with zero attached hydrogens (tertiary/aromatic N) is 1. The van der Waals surface area contributed by atoms with Crippen LogP contribution >= 0.6 is 0 Å². The van der Waals surface area contributed by atoms with Crippen LogP contribution in [0.2, 0.25) is 0 Å². The summed E-state index contributed by atoms with van der Waals surface area (Å²) in [5, 5.41) is 2.83. The van der Waals surface area contributed by atoms with E-state index in [0.29, 0.717) is 12.3 Å². The molecule has 1 saturated heterocycles. The largest absolute Gasteiger partial charge is 0.343 e. The molecule has 2 rings (SSSR count). The van der Waals surface area contributed by atoms with Gasteiger partial charge in [0.15, 0.2) is 0 Å². The van der Waals surface area contributed by atoms with Crippen LogP contribution in [0.15, 0.2) is 30.3 Å². The van der Waals surface area contributed by atoms with E-state index in [9.17, 15) is 9.59 Å². The second kappa shape index (κ2) is 6.74. The zero-order valence-electron chi connectivity index (χ0n) is 13.0. The quantitative estimate of drug-likeness (QED) is 0.905. The molecular formula is C17H24N2O2. The average Bonchev–Trinajstić information content (AvgIpc) is 2.45. The lowest BCUT2D eigenvalue weighted by Gasteiger charge is -2.38. The zero-order chi connectivity index (χ0) is 15.4. The van der Waals surface area contributed by atoms with Gasteiger partial charge >= 0.3 is 0 Å². The summed E-state index contributed by atoms with van der Waals surface area (Å²) in [6, 6.07) is 9.53. The normalized spacial score (nSPS) is 20.6. The molecule has 2 atom stereocenters. The molecule has 0 aromatic heterocycles. The fourth-order valence-electron chi connectivity index (χ4n) is 2.94. The van der Waals surface area contributed by atoms with E-state index >= 15 is 0 Å². The Hall–Kier alpha value is -1.84. The summed E-state index contributed by atoms with van der Waals surface area (Å²) in [5.74, 6) is 0.352. The van der Waals surface area contributed by atoms with Gasteiger partial charge < -0.3 is 10.2 Å². The van der Waals surface area contributed by atoms with Crippen LogP contribution in [0.4, 0.5) is 0 Å². The van der Waals surface area contributed by atoms with Crippen LogP contribution in [0.25, 0.3) is 0 Å². The van der Waals surface area contributed by atoms with Gasteiger partial charge in [-0.3, -0.25) is 9.59 Å². The number of carbonyl (C=O) groups is 2. The van der Waals surface area contributed by atoms with Crippen LogP contribution in [0, 0.1) is 5.92 Å². The smallest absolute Gasteiger partial charge is 0.246 e. The number of benzene rings is 1. The minimum absolute atomic E-state index is 0.0283. The number of amides is 2. The van der Waals surface area contributed by atoms with Crippen LogP contribution in [-0.2, 0) is 9.59 Å². The minimum Gasteiger partial charge on any atom is -0.343 e. The summed E-state index contributed by atoms with van der Waals surface area (Å²) in [4.78, 5) is 26.4. The summed E-state index contributed by atoms with van der Waals surface area (Å²) >= 11 is 0. The maximum atomic E-state index is 12.7. The predicted molar refractivity (Wildman–Crippen MR) is 82.6 cm³/mol. The highest BCUT2D eigenvalue weighted by molar-refractivity contribution is 5.95. The molecule has 21 heavy (non-hydrogen) atoms. The highest BCUT2D eigenvalue weighted by atomic mass is 16.2. The Morgan fingerprint density at radius 2 is 1.90 bits per heavy atom. The monoisotopic (exact) mass is 288 g/mol. The molecule has 1 N–H and O–H groups in total. The van der Waals surface area contributed by atoms with Crippen molar-refractivity contribution in [2.75, 3.05) is 6.54 Å². The summed E-state index contributed by atoms with van der Waals surface area (Å²) < 4.78 is 0. The SMILES string of the molecule is CCC(c1ccccc1)N1CC(=O)NC(CC(C)C)C1=O. The van der Waals surface area contributed by atoms with E-state index in [2.05, 4.69) is 26.1 Å². The summed E-state index contributed by atoms with van der Waals surface area (Å²) in [6.07, 6.45) is 1.49. The lowest BCUT2D eigenvalue weighted by atomic mass is 9.97. The first-order valence-electron chi connectivity index (χ1n) is 7.67. The van der Waals surface area contributed by atoms with E-state index in [-0.39, 0.29) is 30.4 Å². The third-order valence-corrected chi connectivity index (χ3v) is 3.88. The van der Waals surface area contributed by atoms with Crippen LogP contribution in [0.5, 0.6) is 0 Å². The van der Waals surface area contributed by atoms with Gasteiger partial charge in [0.05, 0.1) is 6.04 Å². The van der Waals surface area contributed by atoms with Crippen LogP contribution < -0.4 is 5.32 Å². The first-order chi connectivity index (χ1) is 10.0. The van der Waals surface area contributed by atoms with E-state index in [1.54, 1.807) is 4.90 Å². The Morgan fingerprint density at radius 1 is 1.24 bits per heavy atom. The van der Waals surface area contributed by atoms with E-state index in [1.807, 2.05) is 30.3 Å². The lowest BCUT2D eigenvalue weighted by molar-refractivity contribution is -0.147. The van der Waals surface area contributed by atoms with Crippen molar-refractivity contribution in [2.45, 2.75) is 45.7 Å². The van der Waals surface area contributed by atoms with Crippen molar-refractivity contribution >= 4 is 11.8 Å². The minimum atomic E-state index is -0.385. The molecule has 4 nitrogen and oxygen atoms in total. The van der Waals surface area contributed by atoms with Gasteiger partial charge in [0.25, 0.3) is 0 Å². The molecule has 2 amide bonds. The van der Waals surface area contributed by atoms with Gasteiger partial charge in [0, 0.05) is 0 Å². The number of carbonyl (C=O) groups excluding carboxylic acids is 2. The second-order valence-electron chi connectivity index (χ2n) is 6.05. The van der Waals surface area contributed by atoms with Gasteiger partial charge in [-0.15, -0.1) is 0 Å². The zero-order valence-corrected chi connectivity index (χ0v) is 13.0. The number of hydrogen-bond donors (Lipinski definition) is 1. The molecule has 1 heterocycles. The van der Waals surface area contributed by atoms with Crippen molar-refractivity contribution in [1.82, 2.24) is 10.2 Å². The molecule has 0 bridgehead atoms. The molecule has 1 aromatic carbocycles. The van der Waals surface area contributed by atoms with E-state index in [1.165, 1.54) is 0 Å². The molecule has 1 fully saturated rings. The number of piperazine rings is 1. The second-order valence-corrected chi connectivity index (χ2v) is 6.05. The van der Waals surface area contributed by atoms with Gasteiger partial charge in [0.1, 0.15) is 12.6 Å². The Morgan fingerprint density at radius 3 is 2.48 bits per heavy atom. The third-order valence-electron chi connectivity index (χ3n) is 3.88. The van der Waals surface area contributed by atoms with Gasteiger partial charge in [0.2, 0.25) is 11.8 Å². The van der Waals surface area contributed by atoms with Crippen molar-refractivity contribution in [3.05, 3.63) is 35.9 Å². The lowest BCUT2D eigenvalue weighted by Crippen LogP contribution is -2.58. The Kier molecular flexibility index (Phi) is 4.99. The Bertz CT molecular complexity index is 499. The van der Waals surface area contributed by atoms with Crippen molar-refractivity contribution in [3.63, 3.8) is 0 Å². The Balaban J connectivity index is 2.23. The third kappa shape index (κ3) is 3.63. The number of hydrogen-bond acceptors (Lipinski definition) is 2. The van der Waals surface area contributed by atoms with Gasteiger partial charge in [-0.05, 0) is 24.3 Å². The first-order valence-corrected chi connectivity index (χ1v) is 7.67. The highest BCUT2D eigenvalue weighted by Crippen LogP contribution is 2.27. The van der Waals surface area contributed by atoms with Crippen LogP contribution in [0.3, 0.4) is 0 Å². The van der Waals surface area contributed by atoms with Crippen molar-refractivity contribution in [1.29, 1.82) is 0 Å². The standard InChI is InChI=1S/C17H24N2O2/c1-4-15(13-8-6-5-7-9-13)19-11-16(20)18-14(17(19)21)10-12(2)3/h5-9,12,14-15H,4,10-11H2,1-3H3,(H,18,20). The van der Waals surface area contributed by atoms with E-state index in [4.69, 9.17) is 0 Å². The fraction of sp³-hybridized carbons (Fsp3) is 0.529. The summed E-state index contributed by atoms with van der Waals surface area (Å²) in [6.45, 7) is 6.33. The summed E-state index contributed by atoms with van der Waals surface area (Å²) in [5.41, 5.74) is 1.09. The molecule has 4 heteroatoms. The number of nitrogens with one attached hydrogen (secondary N) is 1. The molecule has 0 radical (unpaired) electrons. The molecule has 1 aromatic rings. The molecule has 1 aliphatic rings. The number of rotatable bonds is 5. The first kappa shape index (κ1) is 15.5. The maximum Gasteiger partial charge on any atom is 0.246 e. The van der Waals surface area contributed by atoms with Gasteiger partial charge in [-0.25, -0.2) is 0 Å². The molecule has 0 spiro atoms. The van der Waals surface area contributed by atoms with E-state index in [0.717, 1.165) is 12.0 Å². The Labute approximate surface area is 126 Å². The van der Waals surface area contributed by atoms with Crippen molar-refractivity contribution < 1.29 is 9.59 Å². The predicted octanol–water partition coefficient (Wildman–Crippen LogP) is 2.51. The van der Waals surface area contributed by atoms with E-state index < -0.39 is 0 Å². The molecule has 114 valence electrons. The van der Waals surface area contributed by atoms with Gasteiger partial charge in [-0.2, -0.15) is 0 Å². The van der Waals surface area contributed by atoms with Crippen LogP contribution in [-0.4, -0.2) is 29.3 Å². The van der Waals surface area contributed by atoms with Crippen molar-refractivity contribution in [3.8, 4) is 0 Å². The molecule has 0 aliphatic carbocycles. The fourth-order valence-corrected chi connectivity index (χ4v) is 2.94. The van der Waals surface area contributed by atoms with Crippen LogP contribution in [0.1, 0.15) is 45.2 Å². The summed E-state index contributed by atoms with van der Waals surface area (Å²) in [7, 11) is 0. The topological polar surface area (TPSA) is 49.4 Å².